The molecule has 0 aliphatic heterocycles. The minimum atomic E-state index is -3.74. The molecule has 0 heterocycles. The highest BCUT2D eigenvalue weighted by atomic mass is 32.2. The Morgan fingerprint density at radius 1 is 0.903 bits per heavy atom. The first-order chi connectivity index (χ1) is 14.7. The van der Waals surface area contributed by atoms with E-state index in [-0.39, 0.29) is 16.8 Å². The Morgan fingerprint density at radius 3 is 2.26 bits per heavy atom. The Bertz CT molecular complexity index is 1190. The molecule has 31 heavy (non-hydrogen) atoms. The first-order valence-corrected chi connectivity index (χ1v) is 11.8. The van der Waals surface area contributed by atoms with Crippen LogP contribution in [0.5, 0.6) is 0 Å². The van der Waals surface area contributed by atoms with Crippen molar-refractivity contribution in [3.05, 3.63) is 94.5 Å². The molecule has 0 saturated heterocycles. The minimum Gasteiger partial charge on any atom is -0.345 e. The molecule has 0 aromatic heterocycles. The third kappa shape index (κ3) is 5.14. The second-order valence-corrected chi connectivity index (χ2v) is 9.36. The number of carbonyl (C=O) groups excluding carboxylic acids is 1. The standard InChI is InChI=1S/C25H28N2O3S/c1-5-23(20-15-14-17(2)18(3)16-20)26-25(28)22-12-9-13-24(19(22)4)27-31(29,30)21-10-7-6-8-11-21/h6-16,23,27H,5H2,1-4H3,(H,26,28)/t23-/m0/s1. The van der Waals surface area contributed by atoms with Crippen LogP contribution in [0.25, 0.3) is 0 Å². The van der Waals surface area contributed by atoms with Gasteiger partial charge in [0, 0.05) is 5.56 Å². The summed E-state index contributed by atoms with van der Waals surface area (Å²) in [5.41, 5.74) is 4.84. The van der Waals surface area contributed by atoms with E-state index in [0.29, 0.717) is 16.8 Å². The fraction of sp³-hybridized carbons (Fsp3) is 0.240. The third-order valence-corrected chi connectivity index (χ3v) is 6.90. The number of rotatable bonds is 7. The van der Waals surface area contributed by atoms with Crippen molar-refractivity contribution in [3.8, 4) is 0 Å². The molecule has 1 atom stereocenters. The number of hydrogen-bond donors (Lipinski definition) is 2. The van der Waals surface area contributed by atoms with E-state index in [4.69, 9.17) is 0 Å². The predicted molar refractivity (Wildman–Crippen MR) is 125 cm³/mol. The first kappa shape index (κ1) is 22.6. The van der Waals surface area contributed by atoms with Crippen LogP contribution in [0.2, 0.25) is 0 Å². The molecule has 0 radical (unpaired) electrons. The van der Waals surface area contributed by atoms with Gasteiger partial charge in [0.05, 0.1) is 16.6 Å². The van der Waals surface area contributed by atoms with Gasteiger partial charge in [0.2, 0.25) is 0 Å². The van der Waals surface area contributed by atoms with Crippen molar-refractivity contribution < 1.29 is 13.2 Å². The molecule has 3 aromatic rings. The van der Waals surface area contributed by atoms with Gasteiger partial charge in [0.15, 0.2) is 0 Å². The van der Waals surface area contributed by atoms with Crippen LogP contribution in [0.4, 0.5) is 5.69 Å². The van der Waals surface area contributed by atoms with Crippen LogP contribution in [0.1, 0.15) is 52.0 Å². The topological polar surface area (TPSA) is 75.3 Å². The molecule has 2 N–H and O–H groups in total. The molecule has 3 rings (SSSR count). The van der Waals surface area contributed by atoms with Crippen molar-refractivity contribution in [1.82, 2.24) is 5.32 Å². The van der Waals surface area contributed by atoms with Gasteiger partial charge < -0.3 is 5.32 Å². The fourth-order valence-corrected chi connectivity index (χ4v) is 4.58. The van der Waals surface area contributed by atoms with Gasteiger partial charge in [0.25, 0.3) is 15.9 Å². The number of aryl methyl sites for hydroxylation is 2. The molecule has 0 spiro atoms. The zero-order valence-corrected chi connectivity index (χ0v) is 19.1. The summed E-state index contributed by atoms with van der Waals surface area (Å²) >= 11 is 0. The average molecular weight is 437 g/mol. The lowest BCUT2D eigenvalue weighted by Gasteiger charge is -2.20. The molecular weight excluding hydrogens is 408 g/mol. The van der Waals surface area contributed by atoms with Gasteiger partial charge >= 0.3 is 0 Å². The first-order valence-electron chi connectivity index (χ1n) is 10.3. The molecule has 162 valence electrons. The van der Waals surface area contributed by atoms with E-state index in [1.165, 1.54) is 23.3 Å². The molecule has 5 nitrogen and oxygen atoms in total. The number of hydrogen-bond acceptors (Lipinski definition) is 3. The predicted octanol–water partition coefficient (Wildman–Crippen LogP) is 5.29. The van der Waals surface area contributed by atoms with Crippen molar-refractivity contribution in [2.45, 2.75) is 45.1 Å². The summed E-state index contributed by atoms with van der Waals surface area (Å²) in [7, 11) is -3.74. The van der Waals surface area contributed by atoms with Crippen LogP contribution in [0.3, 0.4) is 0 Å². The number of nitrogens with one attached hydrogen (secondary N) is 2. The summed E-state index contributed by atoms with van der Waals surface area (Å²) in [6.45, 7) is 7.88. The molecule has 6 heteroatoms. The lowest BCUT2D eigenvalue weighted by molar-refractivity contribution is 0.0935. The number of sulfonamides is 1. The highest BCUT2D eigenvalue weighted by molar-refractivity contribution is 7.92. The van der Waals surface area contributed by atoms with E-state index in [1.807, 2.05) is 13.0 Å². The molecule has 0 unspecified atom stereocenters. The van der Waals surface area contributed by atoms with Crippen molar-refractivity contribution in [2.75, 3.05) is 4.72 Å². The second kappa shape index (κ2) is 9.35. The highest BCUT2D eigenvalue weighted by Gasteiger charge is 2.20. The number of carbonyl (C=O) groups is 1. The van der Waals surface area contributed by atoms with Gasteiger partial charge in [-0.05, 0) is 73.7 Å². The molecule has 0 fully saturated rings. The van der Waals surface area contributed by atoms with Crippen LogP contribution >= 0.6 is 0 Å². The van der Waals surface area contributed by atoms with Gasteiger partial charge in [-0.15, -0.1) is 0 Å². The second-order valence-electron chi connectivity index (χ2n) is 7.67. The van der Waals surface area contributed by atoms with Crippen molar-refractivity contribution >= 4 is 21.6 Å². The Kier molecular flexibility index (Phi) is 6.81. The normalized spacial score (nSPS) is 12.3. The van der Waals surface area contributed by atoms with Crippen LogP contribution in [0, 0.1) is 20.8 Å². The molecule has 1 amide bonds. The van der Waals surface area contributed by atoms with Crippen molar-refractivity contribution in [2.24, 2.45) is 0 Å². The van der Waals surface area contributed by atoms with Gasteiger partial charge in [-0.2, -0.15) is 0 Å². The van der Waals surface area contributed by atoms with Gasteiger partial charge in [0.1, 0.15) is 0 Å². The summed E-state index contributed by atoms with van der Waals surface area (Å²) in [5.74, 6) is -0.233. The van der Waals surface area contributed by atoms with Crippen molar-refractivity contribution in [1.29, 1.82) is 0 Å². The van der Waals surface area contributed by atoms with E-state index in [0.717, 1.165) is 12.0 Å². The van der Waals surface area contributed by atoms with E-state index in [2.05, 4.69) is 36.0 Å². The van der Waals surface area contributed by atoms with Crippen LogP contribution in [-0.2, 0) is 10.0 Å². The lowest BCUT2D eigenvalue weighted by Crippen LogP contribution is -2.29. The maximum Gasteiger partial charge on any atom is 0.261 e. The van der Waals surface area contributed by atoms with E-state index in [1.54, 1.807) is 43.3 Å². The third-order valence-electron chi connectivity index (χ3n) is 5.52. The van der Waals surface area contributed by atoms with E-state index in [9.17, 15) is 13.2 Å². The van der Waals surface area contributed by atoms with E-state index < -0.39 is 10.0 Å². The quantitative estimate of drug-likeness (QED) is 0.528. The highest BCUT2D eigenvalue weighted by Crippen LogP contribution is 2.25. The lowest BCUT2D eigenvalue weighted by atomic mass is 9.98. The van der Waals surface area contributed by atoms with Gasteiger partial charge in [-0.25, -0.2) is 8.42 Å². The zero-order valence-electron chi connectivity index (χ0n) is 18.3. The summed E-state index contributed by atoms with van der Waals surface area (Å²) in [5, 5.41) is 3.09. The number of anilines is 1. The van der Waals surface area contributed by atoms with Crippen LogP contribution in [0.15, 0.2) is 71.6 Å². The largest absolute Gasteiger partial charge is 0.345 e. The summed E-state index contributed by atoms with van der Waals surface area (Å²) in [4.78, 5) is 13.2. The molecule has 0 aliphatic rings. The number of benzene rings is 3. The van der Waals surface area contributed by atoms with Gasteiger partial charge in [-0.3, -0.25) is 9.52 Å². The van der Waals surface area contributed by atoms with Crippen LogP contribution < -0.4 is 10.0 Å². The van der Waals surface area contributed by atoms with Gasteiger partial charge in [-0.1, -0.05) is 49.4 Å². The van der Waals surface area contributed by atoms with Crippen LogP contribution in [-0.4, -0.2) is 14.3 Å². The molecular formula is C25H28N2O3S. The van der Waals surface area contributed by atoms with E-state index >= 15 is 0 Å². The summed E-state index contributed by atoms with van der Waals surface area (Å²) in [6, 6.07) is 19.3. The average Bonchev–Trinajstić information content (AvgIpc) is 2.76. The molecule has 0 aliphatic carbocycles. The zero-order chi connectivity index (χ0) is 22.6. The van der Waals surface area contributed by atoms with Crippen molar-refractivity contribution in [3.63, 3.8) is 0 Å². The minimum absolute atomic E-state index is 0.129. The molecule has 3 aromatic carbocycles. The molecule has 0 bridgehead atoms. The maximum atomic E-state index is 13.1. The smallest absolute Gasteiger partial charge is 0.261 e. The maximum absolute atomic E-state index is 13.1. The summed E-state index contributed by atoms with van der Waals surface area (Å²) < 4.78 is 28.0. The fourth-order valence-electron chi connectivity index (χ4n) is 3.43. The molecule has 0 saturated carbocycles. The number of amides is 1. The monoisotopic (exact) mass is 436 g/mol. The Hall–Kier alpha value is -3.12. The Labute approximate surface area is 184 Å². The Balaban J connectivity index is 1.84. The summed E-state index contributed by atoms with van der Waals surface area (Å²) in [6.07, 6.45) is 0.744. The SMILES string of the molecule is CC[C@H](NC(=O)c1cccc(NS(=O)(=O)c2ccccc2)c1C)c1ccc(C)c(C)c1. The Morgan fingerprint density at radius 2 is 1.61 bits per heavy atom.